The van der Waals surface area contributed by atoms with Gasteiger partial charge in [-0.25, -0.2) is 0 Å². The van der Waals surface area contributed by atoms with Crippen LogP contribution in [0.1, 0.15) is 23.2 Å². The molecule has 3 heteroatoms. The van der Waals surface area contributed by atoms with Crippen molar-refractivity contribution in [3.05, 3.63) is 40.9 Å². The standard InChI is InChI=1S/C13H14BrNO/c1-2-7-15(12-4-5-12)13-6-3-11(14)8-10(13)9-16/h2-3,6,8-9,12H,1,4-5,7H2. The van der Waals surface area contributed by atoms with E-state index in [0.717, 1.165) is 28.6 Å². The first-order chi connectivity index (χ1) is 7.76. The Kier molecular flexibility index (Phi) is 3.44. The van der Waals surface area contributed by atoms with Gasteiger partial charge in [0.2, 0.25) is 0 Å². The van der Waals surface area contributed by atoms with Crippen LogP contribution in [-0.4, -0.2) is 18.9 Å². The molecule has 0 spiro atoms. The maximum absolute atomic E-state index is 11.1. The Morgan fingerprint density at radius 2 is 2.25 bits per heavy atom. The molecule has 1 aromatic carbocycles. The minimum absolute atomic E-state index is 0.581. The number of nitrogens with zero attached hydrogens (tertiary/aromatic N) is 1. The van der Waals surface area contributed by atoms with Crippen LogP contribution in [0.15, 0.2) is 35.3 Å². The zero-order valence-corrected chi connectivity index (χ0v) is 10.6. The van der Waals surface area contributed by atoms with Crippen LogP contribution in [0.25, 0.3) is 0 Å². The van der Waals surface area contributed by atoms with E-state index in [2.05, 4.69) is 27.4 Å². The average Bonchev–Trinajstić information content (AvgIpc) is 3.10. The first-order valence-electron chi connectivity index (χ1n) is 5.38. The van der Waals surface area contributed by atoms with Crippen molar-refractivity contribution in [2.45, 2.75) is 18.9 Å². The SMILES string of the molecule is C=CCN(c1ccc(Br)cc1C=O)C1CC1. The van der Waals surface area contributed by atoms with Gasteiger partial charge in [-0.2, -0.15) is 0 Å². The lowest BCUT2D eigenvalue weighted by Gasteiger charge is -2.24. The Morgan fingerprint density at radius 1 is 1.50 bits per heavy atom. The Morgan fingerprint density at radius 3 is 2.81 bits per heavy atom. The Labute approximate surface area is 104 Å². The number of carbonyl (C=O) groups excluding carboxylic acids is 1. The summed E-state index contributed by atoms with van der Waals surface area (Å²) in [6.07, 6.45) is 5.22. The minimum Gasteiger partial charge on any atom is -0.364 e. The van der Waals surface area contributed by atoms with Crippen molar-refractivity contribution in [2.75, 3.05) is 11.4 Å². The molecule has 0 heterocycles. The number of halogens is 1. The van der Waals surface area contributed by atoms with Crippen LogP contribution in [0.5, 0.6) is 0 Å². The summed E-state index contributed by atoms with van der Waals surface area (Å²) in [5.74, 6) is 0. The molecular formula is C13H14BrNO. The van der Waals surface area contributed by atoms with E-state index in [9.17, 15) is 4.79 Å². The van der Waals surface area contributed by atoms with Crippen LogP contribution in [0.2, 0.25) is 0 Å². The molecular weight excluding hydrogens is 266 g/mol. The third kappa shape index (κ3) is 2.35. The van der Waals surface area contributed by atoms with Gasteiger partial charge < -0.3 is 4.90 Å². The van der Waals surface area contributed by atoms with Crippen molar-refractivity contribution < 1.29 is 4.79 Å². The number of hydrogen-bond donors (Lipinski definition) is 0. The third-order valence-corrected chi connectivity index (χ3v) is 3.23. The van der Waals surface area contributed by atoms with Gasteiger partial charge in [0.15, 0.2) is 6.29 Å². The van der Waals surface area contributed by atoms with Crippen LogP contribution in [-0.2, 0) is 0 Å². The van der Waals surface area contributed by atoms with Crippen LogP contribution in [0.4, 0.5) is 5.69 Å². The summed E-state index contributed by atoms with van der Waals surface area (Å²) < 4.78 is 0.938. The molecule has 0 bridgehead atoms. The lowest BCUT2D eigenvalue weighted by molar-refractivity contribution is 0.112. The van der Waals surface area contributed by atoms with Gasteiger partial charge in [0.25, 0.3) is 0 Å². The summed E-state index contributed by atoms with van der Waals surface area (Å²) in [5, 5.41) is 0. The van der Waals surface area contributed by atoms with Crippen molar-refractivity contribution in [3.8, 4) is 0 Å². The second kappa shape index (κ2) is 4.83. The van der Waals surface area contributed by atoms with Crippen molar-refractivity contribution in [1.29, 1.82) is 0 Å². The smallest absolute Gasteiger partial charge is 0.152 e. The Bertz CT molecular complexity index is 412. The van der Waals surface area contributed by atoms with E-state index in [-0.39, 0.29) is 0 Å². The van der Waals surface area contributed by atoms with E-state index >= 15 is 0 Å². The van der Waals surface area contributed by atoms with Gasteiger partial charge in [0, 0.05) is 28.3 Å². The molecule has 16 heavy (non-hydrogen) atoms. The molecule has 2 nitrogen and oxygen atoms in total. The average molecular weight is 280 g/mol. The molecule has 0 aromatic heterocycles. The van der Waals surface area contributed by atoms with Crippen LogP contribution in [0, 0.1) is 0 Å². The molecule has 2 rings (SSSR count). The van der Waals surface area contributed by atoms with Crippen molar-refractivity contribution >= 4 is 27.9 Å². The number of carbonyl (C=O) groups is 1. The maximum Gasteiger partial charge on any atom is 0.152 e. The molecule has 0 amide bonds. The Hall–Kier alpha value is -1.09. The predicted octanol–water partition coefficient (Wildman–Crippen LogP) is 3.42. The molecule has 84 valence electrons. The zero-order chi connectivity index (χ0) is 11.5. The number of aldehydes is 1. The van der Waals surface area contributed by atoms with Gasteiger partial charge in [0.05, 0.1) is 0 Å². The van der Waals surface area contributed by atoms with Crippen molar-refractivity contribution in [3.63, 3.8) is 0 Å². The van der Waals surface area contributed by atoms with E-state index in [1.165, 1.54) is 12.8 Å². The monoisotopic (exact) mass is 279 g/mol. The van der Waals surface area contributed by atoms with Crippen LogP contribution >= 0.6 is 15.9 Å². The van der Waals surface area contributed by atoms with E-state index in [0.29, 0.717) is 6.04 Å². The molecule has 1 aromatic rings. The largest absolute Gasteiger partial charge is 0.364 e. The highest BCUT2D eigenvalue weighted by molar-refractivity contribution is 9.10. The summed E-state index contributed by atoms with van der Waals surface area (Å²) in [4.78, 5) is 13.3. The van der Waals surface area contributed by atoms with Gasteiger partial charge in [-0.3, -0.25) is 4.79 Å². The molecule has 0 atom stereocenters. The molecule has 0 unspecified atom stereocenters. The number of rotatable bonds is 5. The highest BCUT2D eigenvalue weighted by atomic mass is 79.9. The molecule has 1 aliphatic carbocycles. The van der Waals surface area contributed by atoms with Gasteiger partial charge in [-0.05, 0) is 31.0 Å². The van der Waals surface area contributed by atoms with Gasteiger partial charge in [-0.1, -0.05) is 22.0 Å². The maximum atomic E-state index is 11.1. The normalized spacial score (nSPS) is 14.6. The van der Waals surface area contributed by atoms with Crippen LogP contribution < -0.4 is 4.90 Å². The molecule has 1 fully saturated rings. The summed E-state index contributed by atoms with van der Waals surface area (Å²) >= 11 is 3.38. The van der Waals surface area contributed by atoms with Crippen molar-refractivity contribution in [2.24, 2.45) is 0 Å². The van der Waals surface area contributed by atoms with Crippen LogP contribution in [0.3, 0.4) is 0 Å². The first-order valence-corrected chi connectivity index (χ1v) is 6.18. The summed E-state index contributed by atoms with van der Waals surface area (Å²) in [6, 6.07) is 6.41. The molecule has 0 saturated heterocycles. The number of benzene rings is 1. The first kappa shape index (κ1) is 11.4. The van der Waals surface area contributed by atoms with Gasteiger partial charge in [0.1, 0.15) is 0 Å². The van der Waals surface area contributed by atoms with Gasteiger partial charge in [-0.15, -0.1) is 6.58 Å². The van der Waals surface area contributed by atoms with E-state index < -0.39 is 0 Å². The summed E-state index contributed by atoms with van der Waals surface area (Å²) in [7, 11) is 0. The van der Waals surface area contributed by atoms with Gasteiger partial charge >= 0.3 is 0 Å². The quantitative estimate of drug-likeness (QED) is 0.608. The van der Waals surface area contributed by atoms with Crippen molar-refractivity contribution in [1.82, 2.24) is 0 Å². The fourth-order valence-corrected chi connectivity index (χ4v) is 2.23. The molecule has 0 aliphatic heterocycles. The molecule has 0 N–H and O–H groups in total. The van der Waals surface area contributed by atoms with E-state index in [4.69, 9.17) is 0 Å². The lowest BCUT2D eigenvalue weighted by atomic mass is 10.1. The second-order valence-electron chi connectivity index (χ2n) is 3.99. The Balaban J connectivity index is 2.35. The fraction of sp³-hybridized carbons (Fsp3) is 0.308. The second-order valence-corrected chi connectivity index (χ2v) is 4.91. The fourth-order valence-electron chi connectivity index (χ4n) is 1.85. The molecule has 0 radical (unpaired) electrons. The zero-order valence-electron chi connectivity index (χ0n) is 9.03. The summed E-state index contributed by atoms with van der Waals surface area (Å²) in [6.45, 7) is 4.57. The third-order valence-electron chi connectivity index (χ3n) is 2.74. The highest BCUT2D eigenvalue weighted by Crippen LogP contribution is 2.33. The number of hydrogen-bond acceptors (Lipinski definition) is 2. The lowest BCUT2D eigenvalue weighted by Crippen LogP contribution is -2.26. The number of anilines is 1. The topological polar surface area (TPSA) is 20.3 Å². The molecule has 1 saturated carbocycles. The van der Waals surface area contributed by atoms with E-state index in [1.54, 1.807) is 0 Å². The summed E-state index contributed by atoms with van der Waals surface area (Å²) in [5.41, 5.74) is 1.75. The predicted molar refractivity (Wildman–Crippen MR) is 70.1 cm³/mol. The molecule has 1 aliphatic rings. The minimum atomic E-state index is 0.581. The highest BCUT2D eigenvalue weighted by Gasteiger charge is 2.29. The van der Waals surface area contributed by atoms with E-state index in [1.807, 2.05) is 24.3 Å².